The predicted octanol–water partition coefficient (Wildman–Crippen LogP) is 4.22. The standard InChI is InChI=1S/C27H34N2O10/c1-15-19(22(30)36-13-38-24(32)26(3,4)5)21(17-10-9-11-18(12-17)29(34)35)20(16(2)28-15)23(31)37-14-39-25(33)27(6,7)8/h9-12,19,21H,13-14H2,1-8H3. The number of allylic oxidation sites excluding steroid dienone is 1. The molecule has 0 aliphatic carbocycles. The lowest BCUT2D eigenvalue weighted by Gasteiger charge is -2.31. The van der Waals surface area contributed by atoms with E-state index in [1.807, 2.05) is 0 Å². The summed E-state index contributed by atoms with van der Waals surface area (Å²) in [5.74, 6) is -5.29. The zero-order chi connectivity index (χ0) is 29.7. The molecule has 0 aromatic heterocycles. The molecule has 2 rings (SSSR count). The number of aliphatic imine (C=N–C) groups is 1. The van der Waals surface area contributed by atoms with E-state index in [0.717, 1.165) is 0 Å². The Morgan fingerprint density at radius 3 is 1.95 bits per heavy atom. The van der Waals surface area contributed by atoms with Crippen LogP contribution in [0.25, 0.3) is 0 Å². The van der Waals surface area contributed by atoms with Gasteiger partial charge in [0, 0.05) is 29.5 Å². The highest BCUT2D eigenvalue weighted by molar-refractivity contribution is 6.07. The Kier molecular flexibility index (Phi) is 9.72. The average molecular weight is 547 g/mol. The summed E-state index contributed by atoms with van der Waals surface area (Å²) in [4.78, 5) is 65.8. The van der Waals surface area contributed by atoms with Gasteiger partial charge in [0.2, 0.25) is 13.6 Å². The number of nitro groups is 1. The van der Waals surface area contributed by atoms with Crippen LogP contribution in [0.2, 0.25) is 0 Å². The van der Waals surface area contributed by atoms with Gasteiger partial charge >= 0.3 is 23.9 Å². The summed E-state index contributed by atoms with van der Waals surface area (Å²) < 4.78 is 20.5. The molecule has 0 bridgehead atoms. The summed E-state index contributed by atoms with van der Waals surface area (Å²) in [6.45, 7) is 11.5. The van der Waals surface area contributed by atoms with Gasteiger partial charge in [-0.25, -0.2) is 4.79 Å². The molecule has 0 saturated carbocycles. The van der Waals surface area contributed by atoms with E-state index >= 15 is 0 Å². The lowest BCUT2D eigenvalue weighted by Crippen LogP contribution is -2.37. The van der Waals surface area contributed by atoms with Crippen molar-refractivity contribution in [2.45, 2.75) is 61.3 Å². The Labute approximate surface area is 226 Å². The van der Waals surface area contributed by atoms with Crippen molar-refractivity contribution in [2.24, 2.45) is 21.7 Å². The maximum absolute atomic E-state index is 13.3. The zero-order valence-corrected chi connectivity index (χ0v) is 23.4. The van der Waals surface area contributed by atoms with Crippen molar-refractivity contribution < 1.29 is 43.0 Å². The summed E-state index contributed by atoms with van der Waals surface area (Å²) in [6, 6.07) is 5.46. The summed E-state index contributed by atoms with van der Waals surface area (Å²) in [5, 5.41) is 11.5. The van der Waals surface area contributed by atoms with Crippen LogP contribution in [0, 0.1) is 26.9 Å². The molecule has 0 fully saturated rings. The van der Waals surface area contributed by atoms with Crippen LogP contribution in [0.4, 0.5) is 5.69 Å². The SMILES string of the molecule is CC1=NC(C)=C(C(=O)OCOC(=O)C(C)(C)C)C(c2cccc([N+](=O)[O-])c2)C1C(=O)OCOC(=O)C(C)(C)C. The number of carbonyl (C=O) groups excluding carboxylic acids is 4. The second-order valence-electron chi connectivity index (χ2n) is 11.1. The molecular formula is C27H34N2O10. The molecule has 12 nitrogen and oxygen atoms in total. The normalized spacial score (nSPS) is 17.6. The van der Waals surface area contributed by atoms with Crippen LogP contribution in [0.1, 0.15) is 66.9 Å². The van der Waals surface area contributed by atoms with Gasteiger partial charge < -0.3 is 18.9 Å². The lowest BCUT2D eigenvalue weighted by atomic mass is 9.75. The Bertz CT molecular complexity index is 1220. The molecule has 2 unspecified atom stereocenters. The lowest BCUT2D eigenvalue weighted by molar-refractivity contribution is -0.384. The van der Waals surface area contributed by atoms with E-state index in [-0.39, 0.29) is 28.2 Å². The molecule has 1 aliphatic heterocycles. The minimum atomic E-state index is -1.20. The molecule has 1 aromatic rings. The van der Waals surface area contributed by atoms with Crippen molar-refractivity contribution in [3.8, 4) is 0 Å². The Morgan fingerprint density at radius 1 is 0.897 bits per heavy atom. The number of hydrogen-bond donors (Lipinski definition) is 0. The fourth-order valence-corrected chi connectivity index (χ4v) is 3.68. The first kappa shape index (κ1) is 31.1. The van der Waals surface area contributed by atoms with E-state index in [4.69, 9.17) is 18.9 Å². The van der Waals surface area contributed by atoms with Gasteiger partial charge in [0.15, 0.2) is 0 Å². The van der Waals surface area contributed by atoms with E-state index in [0.29, 0.717) is 0 Å². The number of benzene rings is 1. The first-order valence-electron chi connectivity index (χ1n) is 12.1. The largest absolute Gasteiger partial charge is 0.427 e. The molecule has 0 saturated heterocycles. The van der Waals surface area contributed by atoms with E-state index in [9.17, 15) is 29.3 Å². The van der Waals surface area contributed by atoms with Crippen molar-refractivity contribution >= 4 is 35.3 Å². The van der Waals surface area contributed by atoms with Crippen LogP contribution < -0.4 is 0 Å². The third-order valence-corrected chi connectivity index (χ3v) is 5.74. The molecule has 2 atom stereocenters. The van der Waals surface area contributed by atoms with Crippen LogP contribution in [0.5, 0.6) is 0 Å². The van der Waals surface area contributed by atoms with E-state index in [1.165, 1.54) is 31.2 Å². The molecule has 1 aliphatic rings. The number of nitrogens with zero attached hydrogens (tertiary/aromatic N) is 2. The molecule has 212 valence electrons. The molecule has 1 heterocycles. The van der Waals surface area contributed by atoms with Gasteiger partial charge in [-0.15, -0.1) is 0 Å². The molecule has 0 spiro atoms. The monoisotopic (exact) mass is 546 g/mol. The van der Waals surface area contributed by atoms with Crippen LogP contribution in [0.15, 0.2) is 40.5 Å². The molecule has 0 radical (unpaired) electrons. The number of non-ortho nitro benzene ring substituents is 1. The van der Waals surface area contributed by atoms with Gasteiger partial charge in [-0.2, -0.15) is 0 Å². The van der Waals surface area contributed by atoms with Crippen LogP contribution in [-0.2, 0) is 38.1 Å². The zero-order valence-electron chi connectivity index (χ0n) is 23.4. The van der Waals surface area contributed by atoms with Crippen LogP contribution in [0.3, 0.4) is 0 Å². The van der Waals surface area contributed by atoms with Gasteiger partial charge in [0.25, 0.3) is 5.69 Å². The first-order valence-corrected chi connectivity index (χ1v) is 12.1. The fourth-order valence-electron chi connectivity index (χ4n) is 3.68. The number of nitro benzene ring substituents is 1. The molecular weight excluding hydrogens is 512 g/mol. The van der Waals surface area contributed by atoms with Crippen LogP contribution in [-0.4, -0.2) is 48.1 Å². The van der Waals surface area contributed by atoms with Gasteiger partial charge in [-0.05, 0) is 61.0 Å². The van der Waals surface area contributed by atoms with Gasteiger partial charge in [0.1, 0.15) is 5.92 Å². The molecule has 39 heavy (non-hydrogen) atoms. The Hall–Kier alpha value is -4.09. The van der Waals surface area contributed by atoms with Gasteiger partial charge in [-0.1, -0.05) is 12.1 Å². The summed E-state index contributed by atoms with van der Waals surface area (Å²) in [7, 11) is 0. The smallest absolute Gasteiger partial charge is 0.339 e. The van der Waals surface area contributed by atoms with Crippen molar-refractivity contribution in [3.05, 3.63) is 51.2 Å². The van der Waals surface area contributed by atoms with Gasteiger partial charge in [0.05, 0.1) is 21.3 Å². The third kappa shape index (κ3) is 7.95. The van der Waals surface area contributed by atoms with Crippen LogP contribution >= 0.6 is 0 Å². The van der Waals surface area contributed by atoms with Crippen molar-refractivity contribution in [2.75, 3.05) is 13.6 Å². The first-order chi connectivity index (χ1) is 17.9. The maximum Gasteiger partial charge on any atom is 0.339 e. The third-order valence-electron chi connectivity index (χ3n) is 5.74. The fraction of sp³-hybridized carbons (Fsp3) is 0.519. The second-order valence-corrected chi connectivity index (χ2v) is 11.1. The molecule has 0 N–H and O–H groups in total. The van der Waals surface area contributed by atoms with Crippen molar-refractivity contribution in [3.63, 3.8) is 0 Å². The van der Waals surface area contributed by atoms with Gasteiger partial charge in [-0.3, -0.25) is 29.5 Å². The average Bonchev–Trinajstić information content (AvgIpc) is 2.81. The highest BCUT2D eigenvalue weighted by Gasteiger charge is 2.43. The van der Waals surface area contributed by atoms with Crippen molar-refractivity contribution in [1.29, 1.82) is 0 Å². The predicted molar refractivity (Wildman–Crippen MR) is 138 cm³/mol. The topological polar surface area (TPSA) is 161 Å². The number of esters is 4. The quantitative estimate of drug-likeness (QED) is 0.200. The van der Waals surface area contributed by atoms with E-state index < -0.39 is 65.1 Å². The second kappa shape index (κ2) is 12.2. The number of carbonyl (C=O) groups is 4. The molecule has 12 heteroatoms. The van der Waals surface area contributed by atoms with E-state index in [1.54, 1.807) is 48.5 Å². The minimum Gasteiger partial charge on any atom is -0.427 e. The highest BCUT2D eigenvalue weighted by atomic mass is 16.7. The summed E-state index contributed by atoms with van der Waals surface area (Å²) >= 11 is 0. The number of ether oxygens (including phenoxy) is 4. The highest BCUT2D eigenvalue weighted by Crippen LogP contribution is 2.41. The Morgan fingerprint density at radius 2 is 1.44 bits per heavy atom. The molecule has 0 amide bonds. The Balaban J connectivity index is 2.43. The summed E-state index contributed by atoms with van der Waals surface area (Å²) in [6.07, 6.45) is 0. The number of rotatable bonds is 8. The minimum absolute atomic E-state index is 0.0680. The summed E-state index contributed by atoms with van der Waals surface area (Å²) in [5.41, 5.74) is -1.25. The molecule has 1 aromatic carbocycles. The number of hydrogen-bond acceptors (Lipinski definition) is 11. The van der Waals surface area contributed by atoms with E-state index in [2.05, 4.69) is 4.99 Å². The van der Waals surface area contributed by atoms with Crippen molar-refractivity contribution in [1.82, 2.24) is 0 Å². The maximum atomic E-state index is 13.3.